The Morgan fingerprint density at radius 1 is 1.00 bits per heavy atom. The zero-order valence-corrected chi connectivity index (χ0v) is 13.3. The van der Waals surface area contributed by atoms with Gasteiger partial charge in [0.2, 0.25) is 5.16 Å². The average molecular weight is 328 g/mol. The second-order valence-corrected chi connectivity index (χ2v) is 6.16. The second kappa shape index (κ2) is 7.28. The third-order valence-corrected chi connectivity index (χ3v) is 4.49. The molecule has 1 aromatic heterocycles. The number of hydrogen-bond donors (Lipinski definition) is 1. The van der Waals surface area contributed by atoms with Gasteiger partial charge in [0, 0.05) is 5.75 Å². The Bertz CT molecular complexity index is 773. The molecule has 0 bridgehead atoms. The van der Waals surface area contributed by atoms with Crippen LogP contribution in [0.25, 0.3) is 11.4 Å². The maximum absolute atomic E-state index is 13.8. The van der Waals surface area contributed by atoms with Crippen molar-refractivity contribution < 1.29 is 4.39 Å². The molecule has 0 spiro atoms. The molecule has 4 nitrogen and oxygen atoms in total. The molecule has 0 fully saturated rings. The summed E-state index contributed by atoms with van der Waals surface area (Å²) < 4.78 is 15.2. The van der Waals surface area contributed by atoms with Gasteiger partial charge in [0.25, 0.3) is 0 Å². The summed E-state index contributed by atoms with van der Waals surface area (Å²) in [4.78, 5) is 0. The molecule has 2 aromatic carbocycles. The fourth-order valence-corrected chi connectivity index (χ4v) is 3.08. The molecule has 3 aromatic rings. The van der Waals surface area contributed by atoms with E-state index in [2.05, 4.69) is 22.3 Å². The molecule has 0 unspecified atom stereocenters. The van der Waals surface area contributed by atoms with E-state index in [1.807, 2.05) is 18.2 Å². The molecular weight excluding hydrogens is 311 g/mol. The maximum atomic E-state index is 13.8. The molecule has 6 heteroatoms. The number of nitrogens with zero attached hydrogens (tertiary/aromatic N) is 3. The molecular formula is C17H17FN4S. The van der Waals surface area contributed by atoms with E-state index in [9.17, 15) is 4.39 Å². The highest BCUT2D eigenvalue weighted by molar-refractivity contribution is 7.99. The molecule has 118 valence electrons. The van der Waals surface area contributed by atoms with Gasteiger partial charge in [-0.3, -0.25) is 0 Å². The molecule has 0 amide bonds. The van der Waals surface area contributed by atoms with Gasteiger partial charge in [0.05, 0.1) is 5.56 Å². The van der Waals surface area contributed by atoms with Crippen LogP contribution in [0, 0.1) is 5.82 Å². The molecule has 0 radical (unpaired) electrons. The van der Waals surface area contributed by atoms with Gasteiger partial charge in [-0.05, 0) is 30.5 Å². The molecule has 0 saturated heterocycles. The van der Waals surface area contributed by atoms with Gasteiger partial charge in [-0.1, -0.05) is 54.2 Å². The molecule has 2 N–H and O–H groups in total. The Balaban J connectivity index is 1.61. The van der Waals surface area contributed by atoms with Gasteiger partial charge in [0.1, 0.15) is 5.82 Å². The summed E-state index contributed by atoms with van der Waals surface area (Å²) in [5.74, 6) is 6.87. The molecule has 0 saturated carbocycles. The van der Waals surface area contributed by atoms with Crippen molar-refractivity contribution in [2.45, 2.75) is 18.0 Å². The van der Waals surface area contributed by atoms with Gasteiger partial charge in [0.15, 0.2) is 5.82 Å². The minimum atomic E-state index is -0.354. The lowest BCUT2D eigenvalue weighted by Crippen LogP contribution is -2.12. The van der Waals surface area contributed by atoms with Gasteiger partial charge in [-0.25, -0.2) is 9.07 Å². The van der Waals surface area contributed by atoms with Gasteiger partial charge in [-0.15, -0.1) is 10.2 Å². The highest BCUT2D eigenvalue weighted by atomic mass is 32.2. The molecule has 3 rings (SSSR count). The van der Waals surface area contributed by atoms with Crippen LogP contribution < -0.4 is 5.84 Å². The molecule has 0 aliphatic rings. The van der Waals surface area contributed by atoms with E-state index in [-0.39, 0.29) is 5.82 Å². The van der Waals surface area contributed by atoms with Crippen molar-refractivity contribution in [1.82, 2.24) is 14.9 Å². The van der Waals surface area contributed by atoms with Crippen LogP contribution >= 0.6 is 11.8 Å². The van der Waals surface area contributed by atoms with Crippen molar-refractivity contribution in [2.24, 2.45) is 0 Å². The second-order valence-electron chi connectivity index (χ2n) is 5.09. The Hall–Kier alpha value is -2.34. The monoisotopic (exact) mass is 328 g/mol. The third kappa shape index (κ3) is 3.71. The molecule has 0 aliphatic carbocycles. The predicted octanol–water partition coefficient (Wildman–Crippen LogP) is 3.52. The lowest BCUT2D eigenvalue weighted by molar-refractivity contribution is 0.629. The van der Waals surface area contributed by atoms with Crippen molar-refractivity contribution in [2.75, 3.05) is 11.6 Å². The van der Waals surface area contributed by atoms with Crippen LogP contribution in [-0.2, 0) is 6.42 Å². The van der Waals surface area contributed by atoms with Crippen molar-refractivity contribution >= 4 is 11.8 Å². The number of nitrogen functional groups attached to an aromatic ring is 1. The fraction of sp³-hybridized carbons (Fsp3) is 0.176. The minimum Gasteiger partial charge on any atom is -0.335 e. The molecule has 0 atom stereocenters. The lowest BCUT2D eigenvalue weighted by Gasteiger charge is -2.04. The highest BCUT2D eigenvalue weighted by Crippen LogP contribution is 2.24. The van der Waals surface area contributed by atoms with E-state index in [1.165, 1.54) is 28.1 Å². The Labute approximate surface area is 138 Å². The number of benzene rings is 2. The quantitative estimate of drug-likeness (QED) is 0.427. The van der Waals surface area contributed by atoms with E-state index < -0.39 is 0 Å². The minimum absolute atomic E-state index is 0.341. The summed E-state index contributed by atoms with van der Waals surface area (Å²) in [5.41, 5.74) is 1.67. The Morgan fingerprint density at radius 3 is 2.52 bits per heavy atom. The first kappa shape index (κ1) is 15.6. The van der Waals surface area contributed by atoms with Crippen LogP contribution in [0.1, 0.15) is 12.0 Å². The van der Waals surface area contributed by atoms with Crippen molar-refractivity contribution in [3.8, 4) is 11.4 Å². The van der Waals surface area contributed by atoms with Crippen molar-refractivity contribution in [1.29, 1.82) is 0 Å². The number of nitrogens with two attached hydrogens (primary N) is 1. The van der Waals surface area contributed by atoms with Gasteiger partial charge >= 0.3 is 0 Å². The van der Waals surface area contributed by atoms with Crippen LogP contribution in [0.2, 0.25) is 0 Å². The van der Waals surface area contributed by atoms with Gasteiger partial charge < -0.3 is 5.84 Å². The number of aromatic nitrogens is 3. The zero-order valence-electron chi connectivity index (χ0n) is 12.5. The highest BCUT2D eigenvalue weighted by Gasteiger charge is 2.14. The van der Waals surface area contributed by atoms with E-state index in [4.69, 9.17) is 5.84 Å². The SMILES string of the molecule is Nn1c(SCCCc2ccccc2)nnc1-c1ccccc1F. The van der Waals surface area contributed by atoms with Crippen molar-refractivity contribution in [3.05, 3.63) is 66.0 Å². The summed E-state index contributed by atoms with van der Waals surface area (Å²) in [6.45, 7) is 0. The zero-order chi connectivity index (χ0) is 16.1. The number of aryl methyl sites for hydroxylation is 1. The molecule has 1 heterocycles. The first-order valence-electron chi connectivity index (χ1n) is 7.38. The van der Waals surface area contributed by atoms with E-state index in [1.54, 1.807) is 18.2 Å². The molecule has 0 aliphatic heterocycles. The van der Waals surface area contributed by atoms with Crippen LogP contribution in [0.3, 0.4) is 0 Å². The first-order valence-corrected chi connectivity index (χ1v) is 8.36. The van der Waals surface area contributed by atoms with Crippen LogP contribution in [0.5, 0.6) is 0 Å². The summed E-state index contributed by atoms with van der Waals surface area (Å²) >= 11 is 1.53. The Morgan fingerprint density at radius 2 is 1.74 bits per heavy atom. The average Bonchev–Trinajstić information content (AvgIpc) is 2.94. The topological polar surface area (TPSA) is 56.7 Å². The summed E-state index contributed by atoms with van der Waals surface area (Å²) in [6.07, 6.45) is 2.02. The third-order valence-electron chi connectivity index (χ3n) is 3.46. The summed E-state index contributed by atoms with van der Waals surface area (Å²) in [7, 11) is 0. The number of halogens is 1. The largest absolute Gasteiger partial charge is 0.335 e. The summed E-state index contributed by atoms with van der Waals surface area (Å²) in [5, 5.41) is 8.67. The van der Waals surface area contributed by atoms with Crippen LogP contribution in [-0.4, -0.2) is 20.6 Å². The van der Waals surface area contributed by atoms with Crippen LogP contribution in [0.4, 0.5) is 4.39 Å². The van der Waals surface area contributed by atoms with E-state index in [0.29, 0.717) is 16.5 Å². The standard InChI is InChI=1S/C17H17FN4S/c18-15-11-5-4-10-14(15)16-20-21-17(22(16)19)23-12-6-9-13-7-2-1-3-8-13/h1-5,7-8,10-11H,6,9,12,19H2. The normalized spacial score (nSPS) is 10.8. The predicted molar refractivity (Wildman–Crippen MR) is 91.1 cm³/mol. The maximum Gasteiger partial charge on any atom is 0.210 e. The fourth-order valence-electron chi connectivity index (χ4n) is 2.29. The van der Waals surface area contributed by atoms with Crippen molar-refractivity contribution in [3.63, 3.8) is 0 Å². The van der Waals surface area contributed by atoms with Crippen LogP contribution in [0.15, 0.2) is 59.8 Å². The Kier molecular flexibility index (Phi) is 4.92. The summed E-state index contributed by atoms with van der Waals surface area (Å²) in [6, 6.07) is 16.7. The molecule has 23 heavy (non-hydrogen) atoms. The number of thioether (sulfide) groups is 1. The smallest absolute Gasteiger partial charge is 0.210 e. The number of hydrogen-bond acceptors (Lipinski definition) is 4. The van der Waals surface area contributed by atoms with Gasteiger partial charge in [-0.2, -0.15) is 0 Å². The number of rotatable bonds is 6. The first-order chi connectivity index (χ1) is 11.3. The van der Waals surface area contributed by atoms with E-state index in [0.717, 1.165) is 18.6 Å². The lowest BCUT2D eigenvalue weighted by atomic mass is 10.1. The van der Waals surface area contributed by atoms with E-state index >= 15 is 0 Å².